The van der Waals surface area contributed by atoms with Crippen molar-refractivity contribution >= 4 is 76.1 Å². The second-order valence-electron chi connectivity index (χ2n) is 6.79. The van der Waals surface area contributed by atoms with Crippen molar-refractivity contribution in [3.8, 4) is 11.1 Å². The van der Waals surface area contributed by atoms with E-state index in [4.69, 9.17) is 9.47 Å². The Morgan fingerprint density at radius 3 is 1.37 bits per heavy atom. The molecular weight excluding hydrogens is 489 g/mol. The van der Waals surface area contributed by atoms with Gasteiger partial charge in [-0.25, -0.2) is 0 Å². The molecule has 0 saturated carbocycles. The van der Waals surface area contributed by atoms with E-state index in [0.717, 1.165) is 10.2 Å². The first-order valence-corrected chi connectivity index (χ1v) is 14.2. The summed E-state index contributed by atoms with van der Waals surface area (Å²) >= 11 is 11.1. The molecule has 8 heteroatoms. The number of hydrogen-bond donors (Lipinski definition) is 0. The van der Waals surface area contributed by atoms with Crippen LogP contribution >= 0.6 is 70.6 Å². The molecule has 0 atom stereocenters. The summed E-state index contributed by atoms with van der Waals surface area (Å²) in [5, 5.41) is 1.87. The largest absolute Gasteiger partial charge is 0.480 e. The summed E-state index contributed by atoms with van der Waals surface area (Å²) in [6.45, 7) is 1.30. The Morgan fingerprint density at radius 2 is 0.867 bits per heavy atom. The molecule has 0 spiro atoms. The quantitative estimate of drug-likeness (QED) is 0.303. The summed E-state index contributed by atoms with van der Waals surface area (Å²) in [4.78, 5) is 0. The molecule has 148 valence electrons. The van der Waals surface area contributed by atoms with E-state index in [0.29, 0.717) is 13.2 Å². The van der Waals surface area contributed by atoms with Crippen LogP contribution in [0, 0.1) is 0 Å². The summed E-state index contributed by atoms with van der Waals surface area (Å²) in [5.41, 5.74) is 6.81. The maximum absolute atomic E-state index is 5.75. The number of rotatable bonds is 0. The van der Waals surface area contributed by atoms with Crippen LogP contribution in [0.15, 0.2) is 79.9 Å². The van der Waals surface area contributed by atoms with E-state index in [2.05, 4.69) is 48.5 Å². The summed E-state index contributed by atoms with van der Waals surface area (Å²) < 4.78 is 18.4. The average Bonchev–Trinajstić information content (AvgIpc) is 3.52. The van der Waals surface area contributed by atoms with Crippen molar-refractivity contribution in [3.63, 3.8) is 0 Å². The normalized spacial score (nSPS) is 21.6. The minimum atomic E-state index is 0.648. The van der Waals surface area contributed by atoms with Gasteiger partial charge in [-0.05, 0) is 45.8 Å². The third kappa shape index (κ3) is 2.88. The van der Waals surface area contributed by atoms with Crippen molar-refractivity contribution in [1.29, 1.82) is 0 Å². The minimum absolute atomic E-state index is 0.648. The van der Waals surface area contributed by atoms with Gasteiger partial charge in [0, 0.05) is 5.57 Å². The third-order valence-electron chi connectivity index (χ3n) is 5.05. The zero-order chi connectivity index (χ0) is 19.7. The molecule has 0 saturated heterocycles. The second-order valence-corrected chi connectivity index (χ2v) is 14.1. The van der Waals surface area contributed by atoms with Crippen LogP contribution in [-0.2, 0) is 9.47 Å². The number of thioether (sulfide) groups is 6. The van der Waals surface area contributed by atoms with Crippen molar-refractivity contribution in [2.45, 2.75) is 0 Å². The fourth-order valence-electron chi connectivity index (χ4n) is 3.81. The lowest BCUT2D eigenvalue weighted by molar-refractivity contribution is 0.0949. The van der Waals surface area contributed by atoms with Crippen LogP contribution in [0.4, 0.5) is 0 Å². The molecule has 30 heavy (non-hydrogen) atoms. The molecule has 4 aliphatic heterocycles. The summed E-state index contributed by atoms with van der Waals surface area (Å²) in [6, 6.07) is 17.6. The Kier molecular flexibility index (Phi) is 4.55. The summed E-state index contributed by atoms with van der Waals surface area (Å²) in [6.07, 6.45) is 0. The zero-order valence-electron chi connectivity index (χ0n) is 15.3. The smallest absolute Gasteiger partial charge is 0.208 e. The molecule has 4 heterocycles. The van der Waals surface area contributed by atoms with Crippen molar-refractivity contribution in [3.05, 3.63) is 91.0 Å². The fraction of sp³-hybridized carbons (Fsp3) is 0.0909. The SMILES string of the molecule is c1ccc2c(c1)C(=C1SC3=C(SC(=C4SC5=C(OCCO5)S4)S3)S1)c1ccccc1-2. The molecule has 0 radical (unpaired) electrons. The van der Waals surface area contributed by atoms with Gasteiger partial charge >= 0.3 is 0 Å². The van der Waals surface area contributed by atoms with Gasteiger partial charge in [0.1, 0.15) is 13.2 Å². The zero-order valence-corrected chi connectivity index (χ0v) is 20.2. The monoisotopic (exact) mass is 500 g/mol. The van der Waals surface area contributed by atoms with Crippen LogP contribution in [0.5, 0.6) is 0 Å². The van der Waals surface area contributed by atoms with Gasteiger partial charge in [0.2, 0.25) is 10.2 Å². The predicted molar refractivity (Wildman–Crippen MR) is 136 cm³/mol. The van der Waals surface area contributed by atoms with Gasteiger partial charge in [-0.15, -0.1) is 0 Å². The highest BCUT2D eigenvalue weighted by molar-refractivity contribution is 8.49. The molecule has 0 aromatic heterocycles. The molecule has 7 rings (SSSR count). The molecule has 5 aliphatic rings. The Hall–Kier alpha value is -0.900. The third-order valence-corrected chi connectivity index (χ3v) is 13.6. The van der Waals surface area contributed by atoms with Crippen LogP contribution in [0.2, 0.25) is 0 Å². The van der Waals surface area contributed by atoms with Crippen molar-refractivity contribution < 1.29 is 9.47 Å². The number of hydrogen-bond acceptors (Lipinski definition) is 8. The Bertz CT molecular complexity index is 1170. The molecule has 0 bridgehead atoms. The number of ether oxygens (including phenoxy) is 2. The summed E-state index contributed by atoms with van der Waals surface area (Å²) in [7, 11) is 0. The lowest BCUT2D eigenvalue weighted by atomic mass is 10.1. The number of benzene rings is 2. The molecule has 2 aromatic rings. The van der Waals surface area contributed by atoms with E-state index >= 15 is 0 Å². The van der Waals surface area contributed by atoms with Crippen LogP contribution in [-0.4, -0.2) is 13.2 Å². The first-order chi connectivity index (χ1) is 14.8. The highest BCUT2D eigenvalue weighted by Gasteiger charge is 2.38. The first kappa shape index (κ1) is 18.7. The highest BCUT2D eigenvalue weighted by atomic mass is 32.3. The molecule has 2 aromatic carbocycles. The van der Waals surface area contributed by atoms with Gasteiger partial charge in [-0.3, -0.25) is 0 Å². The van der Waals surface area contributed by atoms with Gasteiger partial charge in [0.25, 0.3) is 0 Å². The van der Waals surface area contributed by atoms with E-state index in [-0.39, 0.29) is 0 Å². The van der Waals surface area contributed by atoms with Gasteiger partial charge < -0.3 is 9.47 Å². The molecule has 1 aliphatic carbocycles. The van der Waals surface area contributed by atoms with Gasteiger partial charge in [0.05, 0.1) is 21.2 Å². The molecule has 0 fully saturated rings. The van der Waals surface area contributed by atoms with Crippen molar-refractivity contribution in [1.82, 2.24) is 0 Å². The fourth-order valence-corrected chi connectivity index (χ4v) is 12.9. The maximum atomic E-state index is 5.75. The molecule has 0 amide bonds. The lowest BCUT2D eigenvalue weighted by Crippen LogP contribution is -2.08. The first-order valence-electron chi connectivity index (χ1n) is 9.34. The Morgan fingerprint density at radius 1 is 0.467 bits per heavy atom. The number of fused-ring (bicyclic) bond motifs is 3. The standard InChI is InChI=1S/C22H12O2S6/c1-3-7-13-11(5-1)12-6-2-4-8-14(12)15(13)18-27-21-22(28-18)30-20(29-21)19-25-16-17(26-19)24-10-9-23-16/h1-8H,9-10H2. The van der Waals surface area contributed by atoms with Gasteiger partial charge in [-0.1, -0.05) is 95.6 Å². The lowest BCUT2D eigenvalue weighted by Gasteiger charge is -2.13. The van der Waals surface area contributed by atoms with E-state index in [1.54, 1.807) is 23.5 Å². The predicted octanol–water partition coefficient (Wildman–Crippen LogP) is 8.25. The Labute approximate surface area is 199 Å². The summed E-state index contributed by atoms with van der Waals surface area (Å²) in [5.74, 6) is 0. The van der Waals surface area contributed by atoms with Crippen LogP contribution in [0.3, 0.4) is 0 Å². The Balaban J connectivity index is 1.20. The van der Waals surface area contributed by atoms with Crippen LogP contribution in [0.1, 0.15) is 11.1 Å². The molecule has 0 N–H and O–H groups in total. The van der Waals surface area contributed by atoms with Crippen molar-refractivity contribution in [2.75, 3.05) is 13.2 Å². The maximum Gasteiger partial charge on any atom is 0.208 e. The highest BCUT2D eigenvalue weighted by Crippen LogP contribution is 2.71. The second kappa shape index (κ2) is 7.32. The van der Waals surface area contributed by atoms with Crippen molar-refractivity contribution in [2.24, 2.45) is 0 Å². The van der Waals surface area contributed by atoms with E-state index < -0.39 is 0 Å². The molecular formula is C22H12O2S6. The topological polar surface area (TPSA) is 18.5 Å². The van der Waals surface area contributed by atoms with E-state index in [1.165, 1.54) is 49.0 Å². The van der Waals surface area contributed by atoms with Crippen LogP contribution in [0.25, 0.3) is 16.7 Å². The van der Waals surface area contributed by atoms with E-state index in [1.807, 2.05) is 47.0 Å². The van der Waals surface area contributed by atoms with Gasteiger partial charge in [-0.2, -0.15) is 0 Å². The van der Waals surface area contributed by atoms with Gasteiger partial charge in [0.15, 0.2) is 0 Å². The average molecular weight is 501 g/mol. The van der Waals surface area contributed by atoms with E-state index in [9.17, 15) is 0 Å². The molecule has 2 nitrogen and oxygen atoms in total. The minimum Gasteiger partial charge on any atom is -0.480 e. The van der Waals surface area contributed by atoms with Crippen LogP contribution < -0.4 is 0 Å². The molecule has 0 unspecified atom stereocenters.